The van der Waals surface area contributed by atoms with Gasteiger partial charge >= 0.3 is 0 Å². The number of nitrogens with zero attached hydrogens (tertiary/aromatic N) is 4. The molecule has 3 aromatic rings. The number of ether oxygens (including phenoxy) is 2. The molecule has 0 amide bonds. The molecule has 0 spiro atoms. The van der Waals surface area contributed by atoms with Gasteiger partial charge in [0.05, 0.1) is 18.1 Å². The molecule has 5 fully saturated rings. The number of hydrogen-bond donors (Lipinski definition) is 3. The van der Waals surface area contributed by atoms with Crippen molar-refractivity contribution in [3.8, 4) is 16.9 Å². The van der Waals surface area contributed by atoms with Crippen LogP contribution in [0.5, 0.6) is 5.75 Å². The Balaban J connectivity index is 1.06. The van der Waals surface area contributed by atoms with Crippen LogP contribution in [0.4, 0.5) is 5.82 Å². The maximum absolute atomic E-state index is 9.66. The number of benzene rings is 1. The highest BCUT2D eigenvalue weighted by Crippen LogP contribution is 2.53. The molecule has 4 N–H and O–H groups in total. The van der Waals surface area contributed by atoms with Crippen LogP contribution in [0.3, 0.4) is 0 Å². The minimum absolute atomic E-state index is 0.101. The van der Waals surface area contributed by atoms with Gasteiger partial charge in [0.1, 0.15) is 35.7 Å². The van der Waals surface area contributed by atoms with Crippen LogP contribution in [-0.4, -0.2) is 80.7 Å². The van der Waals surface area contributed by atoms with Crippen LogP contribution in [0, 0.1) is 5.92 Å². The number of fused-ring (bicyclic) bond motifs is 5. The molecule has 206 valence electrons. The first-order valence-electron chi connectivity index (χ1n) is 14.7. The van der Waals surface area contributed by atoms with E-state index in [9.17, 15) is 5.11 Å². The molecule has 2 unspecified atom stereocenters. The lowest BCUT2D eigenvalue weighted by molar-refractivity contribution is -0.0198. The first-order chi connectivity index (χ1) is 19.1. The maximum atomic E-state index is 9.66. The third-order valence-electron chi connectivity index (χ3n) is 10.5. The number of nitrogens with two attached hydrogens (primary N) is 1. The number of piperazine rings is 1. The Morgan fingerprint density at radius 2 is 2.08 bits per heavy atom. The summed E-state index contributed by atoms with van der Waals surface area (Å²) in [6, 6.07) is 9.24. The minimum atomic E-state index is -0.101. The lowest BCUT2D eigenvalue weighted by Gasteiger charge is -2.51. The van der Waals surface area contributed by atoms with Gasteiger partial charge < -0.3 is 30.2 Å². The number of hydrogen-bond acceptors (Lipinski definition) is 8. The molecule has 9 heteroatoms. The fourth-order valence-electron chi connectivity index (χ4n) is 8.43. The van der Waals surface area contributed by atoms with Crippen molar-refractivity contribution < 1.29 is 14.6 Å². The van der Waals surface area contributed by atoms with Crippen molar-refractivity contribution in [2.24, 2.45) is 5.92 Å². The average Bonchev–Trinajstić information content (AvgIpc) is 3.74. The molecule has 1 aromatic carbocycles. The third-order valence-corrected chi connectivity index (χ3v) is 10.5. The Bertz CT molecular complexity index is 1390. The lowest BCUT2D eigenvalue weighted by Crippen LogP contribution is -2.60. The van der Waals surface area contributed by atoms with Crippen molar-refractivity contribution in [3.05, 3.63) is 36.8 Å². The van der Waals surface area contributed by atoms with E-state index in [0.717, 1.165) is 86.1 Å². The van der Waals surface area contributed by atoms with E-state index in [4.69, 9.17) is 20.2 Å². The van der Waals surface area contributed by atoms with E-state index in [0.29, 0.717) is 36.5 Å². The summed E-state index contributed by atoms with van der Waals surface area (Å²) in [5, 5.41) is 14.3. The van der Waals surface area contributed by atoms with Crippen LogP contribution in [0.25, 0.3) is 22.2 Å². The van der Waals surface area contributed by atoms with Gasteiger partial charge in [-0.3, -0.25) is 4.90 Å². The number of rotatable bonds is 8. The Kier molecular flexibility index (Phi) is 5.50. The Morgan fingerprint density at radius 3 is 2.85 bits per heavy atom. The predicted molar refractivity (Wildman–Crippen MR) is 149 cm³/mol. The second-order valence-electron chi connectivity index (χ2n) is 12.6. The lowest BCUT2D eigenvalue weighted by atomic mass is 9.67. The quantitative estimate of drug-likeness (QED) is 0.408. The number of likely N-dealkylation sites (tertiary alicyclic amines) is 1. The normalized spacial score (nSPS) is 35.2. The summed E-state index contributed by atoms with van der Waals surface area (Å²) in [5.41, 5.74) is 9.56. The highest BCUT2D eigenvalue weighted by Gasteiger charge is 2.57. The molecule has 6 heterocycles. The summed E-state index contributed by atoms with van der Waals surface area (Å²) in [6.45, 7) is 3.68. The molecule has 39 heavy (non-hydrogen) atoms. The Hall–Kier alpha value is -2.72. The predicted octanol–water partition coefficient (Wildman–Crippen LogP) is 3.13. The summed E-state index contributed by atoms with van der Waals surface area (Å²) in [6.07, 6.45) is 12.1. The molecule has 1 aliphatic carbocycles. The van der Waals surface area contributed by atoms with Gasteiger partial charge in [0.15, 0.2) is 0 Å². The maximum Gasteiger partial charge on any atom is 0.146 e. The number of anilines is 1. The molecule has 0 radical (unpaired) electrons. The standard InChI is InChI=1S/C30H38N6O3/c31-27-26-25(19-2-1-3-24(10-19)38-17-29-6-4-23(39-29)5-7-29)15-36(28(26)34-18-33-27)22-11-20(12-22)30-13-21(32-16-30)14-35(30)8-9-37/h1-3,10,15,18,20-23,32,37H,4-9,11-14,16-17H2,(H2,31,33,34)/t20?,21?,22?,23-,29-,30?. The number of aromatic nitrogens is 3. The van der Waals surface area contributed by atoms with Crippen LogP contribution in [-0.2, 0) is 4.74 Å². The van der Waals surface area contributed by atoms with Crippen molar-refractivity contribution in [1.29, 1.82) is 0 Å². The van der Waals surface area contributed by atoms with Gasteiger partial charge in [-0.05, 0) is 68.6 Å². The molecule has 4 bridgehead atoms. The van der Waals surface area contributed by atoms with E-state index in [1.807, 2.05) is 6.07 Å². The summed E-state index contributed by atoms with van der Waals surface area (Å²) < 4.78 is 14.9. The van der Waals surface area contributed by atoms with E-state index in [2.05, 4.69) is 44.2 Å². The van der Waals surface area contributed by atoms with Crippen molar-refractivity contribution >= 4 is 16.9 Å². The second kappa shape index (κ2) is 8.89. The molecular formula is C30H38N6O3. The van der Waals surface area contributed by atoms with Gasteiger partial charge in [-0.25, -0.2) is 9.97 Å². The van der Waals surface area contributed by atoms with Crippen LogP contribution in [0.15, 0.2) is 36.8 Å². The van der Waals surface area contributed by atoms with Gasteiger partial charge in [0.25, 0.3) is 0 Å². The zero-order valence-electron chi connectivity index (χ0n) is 22.4. The number of nitrogens with one attached hydrogen (secondary N) is 1. The molecular weight excluding hydrogens is 492 g/mol. The number of aliphatic hydroxyl groups excluding tert-OH is 1. The molecule has 8 rings (SSSR count). The molecule has 5 aliphatic rings. The van der Waals surface area contributed by atoms with Gasteiger partial charge in [0, 0.05) is 49.0 Å². The van der Waals surface area contributed by atoms with E-state index in [1.165, 1.54) is 6.42 Å². The summed E-state index contributed by atoms with van der Waals surface area (Å²) in [4.78, 5) is 11.6. The van der Waals surface area contributed by atoms with E-state index in [1.54, 1.807) is 6.33 Å². The smallest absolute Gasteiger partial charge is 0.146 e. The highest BCUT2D eigenvalue weighted by atomic mass is 16.6. The third kappa shape index (κ3) is 3.74. The molecule has 9 nitrogen and oxygen atoms in total. The molecule has 1 saturated carbocycles. The summed E-state index contributed by atoms with van der Waals surface area (Å²) >= 11 is 0. The molecule has 2 aromatic heterocycles. The van der Waals surface area contributed by atoms with Crippen LogP contribution in [0.2, 0.25) is 0 Å². The van der Waals surface area contributed by atoms with Gasteiger partial charge in [0.2, 0.25) is 0 Å². The molecule has 4 saturated heterocycles. The Morgan fingerprint density at radius 1 is 1.21 bits per heavy atom. The minimum Gasteiger partial charge on any atom is -0.491 e. The summed E-state index contributed by atoms with van der Waals surface area (Å²) in [5.74, 6) is 1.98. The zero-order chi connectivity index (χ0) is 26.2. The number of aliphatic hydroxyl groups is 1. The number of nitrogen functional groups attached to an aromatic ring is 1. The van der Waals surface area contributed by atoms with Gasteiger partial charge in [-0.15, -0.1) is 0 Å². The molecule has 2 atom stereocenters. The first-order valence-corrected chi connectivity index (χ1v) is 14.7. The largest absolute Gasteiger partial charge is 0.491 e. The monoisotopic (exact) mass is 530 g/mol. The highest BCUT2D eigenvalue weighted by molar-refractivity contribution is 6.00. The van der Waals surface area contributed by atoms with Crippen LogP contribution in [0.1, 0.15) is 51.0 Å². The van der Waals surface area contributed by atoms with Crippen molar-refractivity contribution in [1.82, 2.24) is 24.8 Å². The number of β-amino-alcohol motifs (C(OH)–C–C–N with tert-alkyl or cyclic N) is 1. The van der Waals surface area contributed by atoms with E-state index >= 15 is 0 Å². The van der Waals surface area contributed by atoms with Gasteiger partial charge in [-0.1, -0.05) is 12.1 Å². The molecule has 4 aliphatic heterocycles. The zero-order valence-corrected chi connectivity index (χ0v) is 22.4. The van der Waals surface area contributed by atoms with Crippen LogP contribution >= 0.6 is 0 Å². The van der Waals surface area contributed by atoms with E-state index in [-0.39, 0.29) is 17.7 Å². The van der Waals surface area contributed by atoms with Crippen molar-refractivity contribution in [3.63, 3.8) is 0 Å². The first kappa shape index (κ1) is 24.1. The van der Waals surface area contributed by atoms with Crippen molar-refractivity contribution in [2.45, 2.75) is 74.3 Å². The van der Waals surface area contributed by atoms with Crippen LogP contribution < -0.4 is 15.8 Å². The van der Waals surface area contributed by atoms with E-state index < -0.39 is 0 Å². The fraction of sp³-hybridized carbons (Fsp3) is 0.600. The fourth-order valence-corrected chi connectivity index (χ4v) is 8.43. The second-order valence-corrected chi connectivity index (χ2v) is 12.6. The van der Waals surface area contributed by atoms with Crippen molar-refractivity contribution in [2.75, 3.05) is 38.6 Å². The Labute approximate surface area is 228 Å². The topological polar surface area (TPSA) is 111 Å². The SMILES string of the molecule is Nc1ncnc2c1c(-c1cccc(OC[C@]34CC[C@@H](CC3)O4)c1)cn2C1CC(C23CNC(CN2CCO)C3)C1. The van der Waals surface area contributed by atoms with Gasteiger partial charge in [-0.2, -0.15) is 0 Å². The summed E-state index contributed by atoms with van der Waals surface area (Å²) in [7, 11) is 0. The average molecular weight is 531 g/mol.